The standard InChI is InChI=1S/C19H18N4O2/c1-13-2-4-14(5-3-13)22-18-11-19(21-12-20-18)23-15-6-7-16-17(10-15)25-9-8-24-16/h2-7,10-12H,8-9H2,1H3,(H2,20,21,22,23). The molecule has 126 valence electrons. The molecule has 2 N–H and O–H groups in total. The van der Waals surface area contributed by atoms with Crippen LogP contribution in [0.1, 0.15) is 5.56 Å². The molecule has 2 heterocycles. The van der Waals surface area contributed by atoms with E-state index in [2.05, 4.69) is 39.7 Å². The number of aromatic nitrogens is 2. The zero-order valence-electron chi connectivity index (χ0n) is 13.8. The Kier molecular flexibility index (Phi) is 4.08. The first-order chi connectivity index (χ1) is 12.3. The van der Waals surface area contributed by atoms with Crippen molar-refractivity contribution in [3.8, 4) is 11.5 Å². The predicted octanol–water partition coefficient (Wildman–Crippen LogP) is 4.04. The number of nitrogens with one attached hydrogen (secondary N) is 2. The molecule has 6 nitrogen and oxygen atoms in total. The second-order valence-electron chi connectivity index (χ2n) is 5.76. The minimum absolute atomic E-state index is 0.564. The summed E-state index contributed by atoms with van der Waals surface area (Å²) >= 11 is 0. The molecule has 6 heteroatoms. The van der Waals surface area contributed by atoms with Crippen LogP contribution < -0.4 is 20.1 Å². The maximum Gasteiger partial charge on any atom is 0.163 e. The number of fused-ring (bicyclic) bond motifs is 1. The van der Waals surface area contributed by atoms with Gasteiger partial charge in [0.2, 0.25) is 0 Å². The summed E-state index contributed by atoms with van der Waals surface area (Å²) in [6.07, 6.45) is 1.52. The van der Waals surface area contributed by atoms with Crippen molar-refractivity contribution in [1.82, 2.24) is 9.97 Å². The molecule has 1 aliphatic heterocycles. The third-order valence-corrected chi connectivity index (χ3v) is 3.81. The summed E-state index contributed by atoms with van der Waals surface area (Å²) in [5.41, 5.74) is 3.08. The van der Waals surface area contributed by atoms with Crippen molar-refractivity contribution in [1.29, 1.82) is 0 Å². The van der Waals surface area contributed by atoms with Gasteiger partial charge < -0.3 is 20.1 Å². The van der Waals surface area contributed by atoms with Crippen LogP contribution in [0.2, 0.25) is 0 Å². The van der Waals surface area contributed by atoms with Gasteiger partial charge in [0.1, 0.15) is 31.2 Å². The summed E-state index contributed by atoms with van der Waals surface area (Å²) < 4.78 is 11.1. The molecule has 0 radical (unpaired) electrons. The van der Waals surface area contributed by atoms with Gasteiger partial charge in [0.05, 0.1) is 0 Å². The molecule has 0 spiro atoms. The lowest BCUT2D eigenvalue weighted by atomic mass is 10.2. The van der Waals surface area contributed by atoms with E-state index in [0.29, 0.717) is 19.0 Å². The van der Waals surface area contributed by atoms with Crippen molar-refractivity contribution < 1.29 is 9.47 Å². The van der Waals surface area contributed by atoms with Gasteiger partial charge in [0.25, 0.3) is 0 Å². The summed E-state index contributed by atoms with van der Waals surface area (Å²) in [7, 11) is 0. The Morgan fingerprint density at radius 3 is 2.16 bits per heavy atom. The largest absolute Gasteiger partial charge is 0.486 e. The summed E-state index contributed by atoms with van der Waals surface area (Å²) in [4.78, 5) is 8.53. The van der Waals surface area contributed by atoms with E-state index in [1.54, 1.807) is 0 Å². The molecule has 2 aromatic carbocycles. The number of hydrogen-bond acceptors (Lipinski definition) is 6. The molecule has 25 heavy (non-hydrogen) atoms. The van der Waals surface area contributed by atoms with Crippen molar-refractivity contribution in [2.45, 2.75) is 6.92 Å². The molecule has 0 unspecified atom stereocenters. The number of ether oxygens (including phenoxy) is 2. The van der Waals surface area contributed by atoms with Crippen LogP contribution >= 0.6 is 0 Å². The molecule has 0 fully saturated rings. The van der Waals surface area contributed by atoms with Crippen LogP contribution in [0.3, 0.4) is 0 Å². The highest BCUT2D eigenvalue weighted by Crippen LogP contribution is 2.33. The second-order valence-corrected chi connectivity index (χ2v) is 5.76. The number of aryl methyl sites for hydroxylation is 1. The smallest absolute Gasteiger partial charge is 0.163 e. The lowest BCUT2D eigenvalue weighted by Crippen LogP contribution is -2.15. The molecular formula is C19H18N4O2. The average molecular weight is 334 g/mol. The van der Waals surface area contributed by atoms with Gasteiger partial charge in [-0.2, -0.15) is 0 Å². The highest BCUT2D eigenvalue weighted by Gasteiger charge is 2.12. The second kappa shape index (κ2) is 6.68. The topological polar surface area (TPSA) is 68.3 Å². The lowest BCUT2D eigenvalue weighted by molar-refractivity contribution is 0.171. The van der Waals surface area contributed by atoms with Gasteiger partial charge >= 0.3 is 0 Å². The number of nitrogens with zero attached hydrogens (tertiary/aromatic N) is 2. The van der Waals surface area contributed by atoms with E-state index < -0.39 is 0 Å². The van der Waals surface area contributed by atoms with Crippen LogP contribution in [0.4, 0.5) is 23.0 Å². The van der Waals surface area contributed by atoms with Gasteiger partial charge in [-0.15, -0.1) is 0 Å². The minimum atomic E-state index is 0.564. The summed E-state index contributed by atoms with van der Waals surface area (Å²) in [5.74, 6) is 2.92. The Labute approximate surface area is 145 Å². The normalized spacial score (nSPS) is 12.5. The van der Waals surface area contributed by atoms with Crippen LogP contribution in [0.15, 0.2) is 54.9 Å². The van der Waals surface area contributed by atoms with E-state index in [-0.39, 0.29) is 0 Å². The fourth-order valence-electron chi connectivity index (χ4n) is 2.55. The third kappa shape index (κ3) is 3.63. The Morgan fingerprint density at radius 2 is 1.40 bits per heavy atom. The number of benzene rings is 2. The number of anilines is 4. The van der Waals surface area contributed by atoms with Gasteiger partial charge in [-0.1, -0.05) is 17.7 Å². The van der Waals surface area contributed by atoms with Crippen molar-refractivity contribution in [3.63, 3.8) is 0 Å². The first kappa shape index (κ1) is 15.3. The molecule has 0 bridgehead atoms. The summed E-state index contributed by atoms with van der Waals surface area (Å²) in [6.45, 7) is 3.21. The highest BCUT2D eigenvalue weighted by atomic mass is 16.6. The zero-order valence-corrected chi connectivity index (χ0v) is 13.8. The lowest BCUT2D eigenvalue weighted by Gasteiger charge is -2.19. The molecule has 0 saturated carbocycles. The van der Waals surface area contributed by atoms with E-state index in [1.807, 2.05) is 36.4 Å². The molecule has 1 aromatic heterocycles. The summed E-state index contributed by atoms with van der Waals surface area (Å²) in [6, 6.07) is 15.7. The van der Waals surface area contributed by atoms with Crippen molar-refractivity contribution in [2.75, 3.05) is 23.8 Å². The SMILES string of the molecule is Cc1ccc(Nc2cc(Nc3ccc4c(c3)OCCO4)ncn2)cc1. The van der Waals surface area contributed by atoms with E-state index in [1.165, 1.54) is 11.9 Å². The first-order valence-corrected chi connectivity index (χ1v) is 8.09. The van der Waals surface area contributed by atoms with Gasteiger partial charge in [0, 0.05) is 23.5 Å². The van der Waals surface area contributed by atoms with E-state index in [0.717, 1.165) is 28.7 Å². The van der Waals surface area contributed by atoms with Gasteiger partial charge in [-0.3, -0.25) is 0 Å². The number of hydrogen-bond donors (Lipinski definition) is 2. The van der Waals surface area contributed by atoms with Crippen LogP contribution in [0.5, 0.6) is 11.5 Å². The molecule has 1 aliphatic rings. The molecule has 0 saturated heterocycles. The fraction of sp³-hybridized carbons (Fsp3) is 0.158. The van der Waals surface area contributed by atoms with Gasteiger partial charge in [-0.25, -0.2) is 9.97 Å². The van der Waals surface area contributed by atoms with Crippen LogP contribution in [-0.4, -0.2) is 23.2 Å². The van der Waals surface area contributed by atoms with Crippen molar-refractivity contribution >= 4 is 23.0 Å². The highest BCUT2D eigenvalue weighted by molar-refractivity contribution is 5.65. The van der Waals surface area contributed by atoms with Gasteiger partial charge in [0.15, 0.2) is 11.5 Å². The van der Waals surface area contributed by atoms with Crippen LogP contribution in [0, 0.1) is 6.92 Å². The molecule has 3 aromatic rings. The molecular weight excluding hydrogens is 316 g/mol. The first-order valence-electron chi connectivity index (χ1n) is 8.09. The molecule has 0 aliphatic carbocycles. The van der Waals surface area contributed by atoms with E-state index in [4.69, 9.17) is 9.47 Å². The third-order valence-electron chi connectivity index (χ3n) is 3.81. The minimum Gasteiger partial charge on any atom is -0.486 e. The zero-order chi connectivity index (χ0) is 17.1. The van der Waals surface area contributed by atoms with Crippen molar-refractivity contribution in [2.24, 2.45) is 0 Å². The Balaban J connectivity index is 1.50. The Hall–Kier alpha value is -3.28. The van der Waals surface area contributed by atoms with Crippen molar-refractivity contribution in [3.05, 3.63) is 60.4 Å². The van der Waals surface area contributed by atoms with Crippen LogP contribution in [0.25, 0.3) is 0 Å². The van der Waals surface area contributed by atoms with E-state index in [9.17, 15) is 0 Å². The maximum absolute atomic E-state index is 5.60. The molecule has 4 rings (SSSR count). The van der Waals surface area contributed by atoms with Gasteiger partial charge in [-0.05, 0) is 31.2 Å². The Bertz CT molecular complexity index is 881. The Morgan fingerprint density at radius 1 is 0.760 bits per heavy atom. The average Bonchev–Trinajstić information content (AvgIpc) is 2.64. The summed E-state index contributed by atoms with van der Waals surface area (Å²) in [5, 5.41) is 6.53. The number of rotatable bonds is 4. The molecule has 0 amide bonds. The maximum atomic E-state index is 5.60. The van der Waals surface area contributed by atoms with Crippen LogP contribution in [-0.2, 0) is 0 Å². The monoisotopic (exact) mass is 334 g/mol. The quantitative estimate of drug-likeness (QED) is 0.750. The van der Waals surface area contributed by atoms with E-state index >= 15 is 0 Å². The fourth-order valence-corrected chi connectivity index (χ4v) is 2.55. The predicted molar refractivity (Wildman–Crippen MR) is 97.2 cm³/mol. The molecule has 0 atom stereocenters.